The molecule has 0 aromatic carbocycles. The Kier molecular flexibility index (Phi) is 40.5. The van der Waals surface area contributed by atoms with Crippen LogP contribution < -0.4 is 59.1 Å². The van der Waals surface area contributed by atoms with E-state index in [0.29, 0.717) is 0 Å². The minimum atomic E-state index is -2.86. The fourth-order valence-corrected chi connectivity index (χ4v) is 0.214. The molecule has 2 unspecified atom stereocenters. The molecule has 0 rings (SSSR count). The molecule has 0 aliphatic heterocycles. The van der Waals surface area contributed by atoms with Crippen molar-refractivity contribution in [3.63, 3.8) is 0 Å². The molecule has 0 radical (unpaired) electrons. The van der Waals surface area contributed by atoms with Gasteiger partial charge in [-0.15, -0.1) is 0 Å². The second-order valence-corrected chi connectivity index (χ2v) is 2.59. The zero-order valence-electron chi connectivity index (χ0n) is 9.47. The van der Waals surface area contributed by atoms with Gasteiger partial charge in [0.25, 0.3) is 0 Å². The summed E-state index contributed by atoms with van der Waals surface area (Å²) in [6, 6.07) is 0. The van der Waals surface area contributed by atoms with Crippen molar-refractivity contribution in [3.8, 4) is 0 Å². The van der Waals surface area contributed by atoms with Gasteiger partial charge in [0, 0.05) is 0 Å². The van der Waals surface area contributed by atoms with Crippen LogP contribution in [0.4, 0.5) is 0 Å². The third-order valence-corrected chi connectivity index (χ3v) is 0.553. The molecule has 0 aliphatic carbocycles. The Bertz CT molecular complexity index is 224. The topological polar surface area (TPSA) is 195 Å². The molecule has 0 spiro atoms. The predicted molar refractivity (Wildman–Crippen MR) is 47.6 cm³/mol. The van der Waals surface area contributed by atoms with Crippen molar-refractivity contribution in [3.05, 3.63) is 0 Å². The number of carboxylic acids is 2. The normalized spacial score (nSPS) is 10.7. The van der Waals surface area contributed by atoms with Crippen LogP contribution in [0.1, 0.15) is 12.8 Å². The van der Waals surface area contributed by atoms with Crippen LogP contribution in [0, 0.1) is 0 Å². The molecule has 2 atom stereocenters. The van der Waals surface area contributed by atoms with Gasteiger partial charge in [0.1, 0.15) is 0 Å². The molecule has 0 bridgehead atoms. The van der Waals surface area contributed by atoms with E-state index in [2.05, 4.69) is 0 Å². The summed E-state index contributed by atoms with van der Waals surface area (Å²) < 4.78 is 48.2. The molecular formula is C4H8Na2O10S2. The van der Waals surface area contributed by atoms with Crippen molar-refractivity contribution in [2.45, 2.75) is 12.8 Å². The van der Waals surface area contributed by atoms with Crippen molar-refractivity contribution in [2.24, 2.45) is 0 Å². The fraction of sp³-hybridized carbons (Fsp3) is 0.500. The number of carboxylic acid groups (broad SMARTS) is 2. The third-order valence-electron chi connectivity index (χ3n) is 0.553. The SMILES string of the molecule is O=C(O)CCC(=O)O.O=S([O-])O.O=S([O-])O.[Na+].[Na+]. The summed E-state index contributed by atoms with van der Waals surface area (Å²) >= 11 is -5.72. The second-order valence-electron chi connectivity index (χ2n) is 1.72. The monoisotopic (exact) mass is 326 g/mol. The van der Waals surface area contributed by atoms with Crippen molar-refractivity contribution >= 4 is 34.7 Å². The Morgan fingerprint density at radius 2 is 0.944 bits per heavy atom. The molecule has 0 aromatic rings. The van der Waals surface area contributed by atoms with Gasteiger partial charge < -0.3 is 28.4 Å². The van der Waals surface area contributed by atoms with E-state index in [1.165, 1.54) is 0 Å². The summed E-state index contributed by atoms with van der Waals surface area (Å²) in [7, 11) is 0. The second kappa shape index (κ2) is 23.2. The molecule has 14 heteroatoms. The molecule has 0 saturated carbocycles. The third kappa shape index (κ3) is 119. The Hall–Kier alpha value is 1.08. The summed E-state index contributed by atoms with van der Waals surface area (Å²) in [6.45, 7) is 0. The smallest absolute Gasteiger partial charge is 0.750 e. The van der Waals surface area contributed by atoms with Crippen molar-refractivity contribution in [1.29, 1.82) is 0 Å². The molecule has 4 N–H and O–H groups in total. The quantitative estimate of drug-likeness (QED) is 0.285. The molecular weight excluding hydrogens is 318 g/mol. The summed E-state index contributed by atoms with van der Waals surface area (Å²) in [5.41, 5.74) is 0. The largest absolute Gasteiger partial charge is 1.00 e. The molecule has 0 aliphatic rings. The van der Waals surface area contributed by atoms with Crippen LogP contribution >= 0.6 is 0 Å². The first-order valence-corrected chi connectivity index (χ1v) is 5.16. The number of hydrogen-bond donors (Lipinski definition) is 4. The molecule has 98 valence electrons. The van der Waals surface area contributed by atoms with E-state index in [0.717, 1.165) is 0 Å². The van der Waals surface area contributed by atoms with Gasteiger partial charge in [-0.3, -0.25) is 9.59 Å². The summed E-state index contributed by atoms with van der Waals surface area (Å²) in [4.78, 5) is 19.3. The maximum Gasteiger partial charge on any atom is 1.00 e. The standard InChI is InChI=1S/C4H6O4.2Na.2H2O3S/c5-3(6)1-2-4(7)8;;;2*1-4(2)3/h1-2H2,(H,5,6)(H,7,8);;;2*(H2,1,2,3)/q;2*+1;;/p-2. The average Bonchev–Trinajstić information content (AvgIpc) is 1.98. The van der Waals surface area contributed by atoms with Crippen LogP contribution in [-0.4, -0.2) is 48.8 Å². The molecule has 0 fully saturated rings. The van der Waals surface area contributed by atoms with Crippen LogP contribution in [0.15, 0.2) is 0 Å². The molecule has 18 heavy (non-hydrogen) atoms. The van der Waals surface area contributed by atoms with E-state index in [-0.39, 0.29) is 72.0 Å². The number of aliphatic carboxylic acids is 2. The van der Waals surface area contributed by atoms with Crippen molar-refractivity contribution in [1.82, 2.24) is 0 Å². The maximum absolute atomic E-state index is 9.64. The Balaban J connectivity index is -0.0000000489. The van der Waals surface area contributed by atoms with Gasteiger partial charge in [0.05, 0.1) is 35.6 Å². The van der Waals surface area contributed by atoms with Gasteiger partial charge in [-0.25, -0.2) is 8.42 Å². The Labute approximate surface area is 151 Å². The van der Waals surface area contributed by atoms with Gasteiger partial charge in [-0.1, -0.05) is 0 Å². The molecule has 0 amide bonds. The van der Waals surface area contributed by atoms with Crippen LogP contribution in [0.3, 0.4) is 0 Å². The number of rotatable bonds is 3. The summed E-state index contributed by atoms with van der Waals surface area (Å²) in [6.07, 6.45) is -0.593. The van der Waals surface area contributed by atoms with E-state index in [9.17, 15) is 9.59 Å². The van der Waals surface area contributed by atoms with E-state index in [1.54, 1.807) is 0 Å². The van der Waals surface area contributed by atoms with Crippen LogP contribution in [0.25, 0.3) is 0 Å². The predicted octanol–water partition coefficient (Wildman–Crippen LogP) is -7.38. The zero-order chi connectivity index (χ0) is 13.7. The van der Waals surface area contributed by atoms with Gasteiger partial charge in [0.15, 0.2) is 0 Å². The first-order valence-electron chi connectivity index (χ1n) is 3.09. The van der Waals surface area contributed by atoms with Gasteiger partial charge >= 0.3 is 71.1 Å². The van der Waals surface area contributed by atoms with Gasteiger partial charge in [-0.2, -0.15) is 0 Å². The van der Waals surface area contributed by atoms with E-state index >= 15 is 0 Å². The van der Waals surface area contributed by atoms with Crippen LogP contribution in [0.5, 0.6) is 0 Å². The van der Waals surface area contributed by atoms with Crippen LogP contribution in [0.2, 0.25) is 0 Å². The first kappa shape index (κ1) is 31.5. The molecule has 10 nitrogen and oxygen atoms in total. The molecule has 0 saturated heterocycles. The maximum atomic E-state index is 9.64. The minimum Gasteiger partial charge on any atom is -0.750 e. The van der Waals surface area contributed by atoms with Crippen molar-refractivity contribution < 1.29 is 106 Å². The van der Waals surface area contributed by atoms with E-state index < -0.39 is 34.7 Å². The Morgan fingerprint density at radius 3 is 1.00 bits per heavy atom. The Morgan fingerprint density at radius 1 is 0.833 bits per heavy atom. The zero-order valence-corrected chi connectivity index (χ0v) is 15.1. The van der Waals surface area contributed by atoms with Crippen molar-refractivity contribution in [2.75, 3.05) is 0 Å². The van der Waals surface area contributed by atoms with E-state index in [1.807, 2.05) is 0 Å². The molecule has 0 heterocycles. The molecule has 0 aromatic heterocycles. The minimum absolute atomic E-state index is 0. The van der Waals surface area contributed by atoms with Crippen LogP contribution in [-0.2, 0) is 32.3 Å². The summed E-state index contributed by atoms with van der Waals surface area (Å²) in [5, 5.41) is 15.8. The average molecular weight is 326 g/mol. The van der Waals surface area contributed by atoms with Gasteiger partial charge in [-0.05, 0) is 0 Å². The number of carbonyl (C=O) groups is 2. The van der Waals surface area contributed by atoms with E-state index in [4.69, 9.17) is 36.8 Å². The van der Waals surface area contributed by atoms with Gasteiger partial charge in [0.2, 0.25) is 0 Å². The first-order chi connectivity index (χ1) is 7.09. The summed E-state index contributed by atoms with van der Waals surface area (Å²) in [5.74, 6) is -2.15. The fourth-order valence-electron chi connectivity index (χ4n) is 0.214. The number of hydrogen-bond acceptors (Lipinski definition) is 6.